The lowest BCUT2D eigenvalue weighted by Gasteiger charge is -2.13. The van der Waals surface area contributed by atoms with Gasteiger partial charge in [0, 0.05) is 25.6 Å². The van der Waals surface area contributed by atoms with Gasteiger partial charge in [-0.15, -0.1) is 0 Å². The molecule has 0 aliphatic heterocycles. The number of nitrogens with one attached hydrogen (secondary N) is 2. The number of aryl methyl sites for hydroxylation is 2. The minimum Gasteiger partial charge on any atom is -0.496 e. The van der Waals surface area contributed by atoms with Crippen molar-refractivity contribution >= 4 is 28.5 Å². The summed E-state index contributed by atoms with van der Waals surface area (Å²) in [5.74, 6) is 1.37. The lowest BCUT2D eigenvalue weighted by atomic mass is 10.1. The van der Waals surface area contributed by atoms with E-state index < -0.39 is 0 Å². The minimum absolute atomic E-state index is 0.181. The molecule has 7 nitrogen and oxygen atoms in total. The van der Waals surface area contributed by atoms with Gasteiger partial charge in [-0.05, 0) is 36.6 Å². The second-order valence-electron chi connectivity index (χ2n) is 7.92. The molecule has 3 aromatic rings. The molecule has 0 saturated heterocycles. The van der Waals surface area contributed by atoms with Crippen molar-refractivity contribution in [3.8, 4) is 5.75 Å². The summed E-state index contributed by atoms with van der Waals surface area (Å²) in [5, 5.41) is 5.92. The van der Waals surface area contributed by atoms with Crippen LogP contribution < -0.4 is 15.4 Å². The normalized spacial score (nSPS) is 11.0. The first kappa shape index (κ1) is 22.3. The Bertz CT molecular complexity index is 1100. The first-order chi connectivity index (χ1) is 14.8. The van der Waals surface area contributed by atoms with Crippen molar-refractivity contribution in [3.63, 3.8) is 0 Å². The van der Waals surface area contributed by atoms with E-state index in [1.165, 1.54) is 7.11 Å². The Morgan fingerprint density at radius 2 is 1.90 bits per heavy atom. The molecule has 0 aliphatic rings. The number of amides is 2. The molecule has 7 heteroatoms. The van der Waals surface area contributed by atoms with Crippen molar-refractivity contribution < 1.29 is 14.3 Å². The van der Waals surface area contributed by atoms with Crippen molar-refractivity contribution in [2.45, 2.75) is 33.6 Å². The number of nitrogens with zero attached hydrogens (tertiary/aromatic N) is 2. The van der Waals surface area contributed by atoms with Gasteiger partial charge in [-0.1, -0.05) is 32.9 Å². The maximum absolute atomic E-state index is 13.0. The smallest absolute Gasteiger partial charge is 0.259 e. The number of anilines is 1. The van der Waals surface area contributed by atoms with Crippen LogP contribution in [0.2, 0.25) is 0 Å². The number of para-hydroxylation sites is 1. The van der Waals surface area contributed by atoms with E-state index in [-0.39, 0.29) is 11.8 Å². The van der Waals surface area contributed by atoms with Crippen LogP contribution in [0.4, 0.5) is 5.69 Å². The molecule has 2 aromatic carbocycles. The number of hydrogen-bond donors (Lipinski definition) is 2. The molecule has 164 valence electrons. The van der Waals surface area contributed by atoms with E-state index in [2.05, 4.69) is 29.5 Å². The van der Waals surface area contributed by atoms with Crippen LogP contribution in [0.15, 0.2) is 36.4 Å². The predicted molar refractivity (Wildman–Crippen MR) is 123 cm³/mol. The quantitative estimate of drug-likeness (QED) is 0.570. The molecule has 31 heavy (non-hydrogen) atoms. The van der Waals surface area contributed by atoms with Crippen LogP contribution in [0.5, 0.6) is 5.75 Å². The van der Waals surface area contributed by atoms with E-state index in [9.17, 15) is 9.59 Å². The summed E-state index contributed by atoms with van der Waals surface area (Å²) < 4.78 is 7.27. The summed E-state index contributed by atoms with van der Waals surface area (Å²) in [6, 6.07) is 10.5. The topological polar surface area (TPSA) is 85.2 Å². The number of carbonyl (C=O) groups excluding carboxylic acids is 2. The SMILES string of the molecule is CCc1nc2cc(C(=O)NCCC(C)C)cc(NC(=O)c3ccccc3OC)c2n1C. The molecule has 1 aromatic heterocycles. The Balaban J connectivity index is 2.00. The monoisotopic (exact) mass is 422 g/mol. The molecule has 0 spiro atoms. The van der Waals surface area contributed by atoms with Crippen LogP contribution in [-0.4, -0.2) is 35.0 Å². The summed E-state index contributed by atoms with van der Waals surface area (Å²) in [6.07, 6.45) is 1.63. The zero-order chi connectivity index (χ0) is 22.5. The van der Waals surface area contributed by atoms with Crippen LogP contribution in [-0.2, 0) is 13.5 Å². The average molecular weight is 423 g/mol. The van der Waals surface area contributed by atoms with E-state index in [0.29, 0.717) is 40.5 Å². The Morgan fingerprint density at radius 1 is 1.16 bits per heavy atom. The fraction of sp³-hybridized carbons (Fsp3) is 0.375. The molecule has 0 atom stereocenters. The second-order valence-corrected chi connectivity index (χ2v) is 7.92. The number of aromatic nitrogens is 2. The molecule has 3 rings (SSSR count). The molecular weight excluding hydrogens is 392 g/mol. The van der Waals surface area contributed by atoms with Crippen molar-refractivity contribution in [1.29, 1.82) is 0 Å². The lowest BCUT2D eigenvalue weighted by molar-refractivity contribution is 0.0950. The standard InChI is InChI=1S/C24H30N4O3/c1-6-21-26-18-13-16(23(29)25-12-11-15(2)3)14-19(22(18)28(21)4)27-24(30)17-9-7-8-10-20(17)31-5/h7-10,13-15H,6,11-12H2,1-5H3,(H,25,29)(H,27,30). The number of ether oxygens (including phenoxy) is 1. The summed E-state index contributed by atoms with van der Waals surface area (Å²) in [7, 11) is 3.44. The van der Waals surface area contributed by atoms with Crippen LogP contribution in [0.3, 0.4) is 0 Å². The van der Waals surface area contributed by atoms with Gasteiger partial charge in [-0.3, -0.25) is 9.59 Å². The number of rotatable bonds is 8. The van der Waals surface area contributed by atoms with E-state index in [4.69, 9.17) is 4.74 Å². The van der Waals surface area contributed by atoms with Gasteiger partial charge in [0.25, 0.3) is 11.8 Å². The maximum Gasteiger partial charge on any atom is 0.259 e. The van der Waals surface area contributed by atoms with Gasteiger partial charge >= 0.3 is 0 Å². The van der Waals surface area contributed by atoms with E-state index in [1.54, 1.807) is 30.3 Å². The third-order valence-electron chi connectivity index (χ3n) is 5.25. The number of benzene rings is 2. The number of imidazole rings is 1. The first-order valence-corrected chi connectivity index (χ1v) is 10.6. The first-order valence-electron chi connectivity index (χ1n) is 10.6. The summed E-state index contributed by atoms with van der Waals surface area (Å²) in [6.45, 7) is 6.85. The third-order valence-corrected chi connectivity index (χ3v) is 5.25. The summed E-state index contributed by atoms with van der Waals surface area (Å²) in [5.41, 5.74) is 2.87. The molecule has 0 bridgehead atoms. The van der Waals surface area contributed by atoms with Crippen molar-refractivity contribution in [1.82, 2.24) is 14.9 Å². The third kappa shape index (κ3) is 4.87. The zero-order valence-corrected chi connectivity index (χ0v) is 18.8. The summed E-state index contributed by atoms with van der Waals surface area (Å²) in [4.78, 5) is 30.5. The van der Waals surface area contributed by atoms with Crippen LogP contribution in [0.1, 0.15) is 53.7 Å². The van der Waals surface area contributed by atoms with Gasteiger partial charge in [0.1, 0.15) is 11.6 Å². The van der Waals surface area contributed by atoms with Crippen molar-refractivity contribution in [3.05, 3.63) is 53.3 Å². The van der Waals surface area contributed by atoms with Gasteiger partial charge in [-0.2, -0.15) is 0 Å². The molecule has 0 aliphatic carbocycles. The maximum atomic E-state index is 13.0. The van der Waals surface area contributed by atoms with E-state index in [0.717, 1.165) is 24.2 Å². The average Bonchev–Trinajstić information content (AvgIpc) is 3.09. The number of fused-ring (bicyclic) bond motifs is 1. The highest BCUT2D eigenvalue weighted by atomic mass is 16.5. The highest BCUT2D eigenvalue weighted by molar-refractivity contribution is 6.11. The van der Waals surface area contributed by atoms with E-state index in [1.807, 2.05) is 24.6 Å². The molecule has 0 unspecified atom stereocenters. The molecule has 0 saturated carbocycles. The Morgan fingerprint density at radius 3 is 2.58 bits per heavy atom. The Hall–Kier alpha value is -3.35. The molecule has 0 fully saturated rings. The minimum atomic E-state index is -0.310. The van der Waals surface area contributed by atoms with Gasteiger partial charge in [0.05, 0.1) is 29.4 Å². The van der Waals surface area contributed by atoms with Crippen LogP contribution in [0, 0.1) is 5.92 Å². The molecule has 2 N–H and O–H groups in total. The van der Waals surface area contributed by atoms with Gasteiger partial charge in [0.15, 0.2) is 0 Å². The summed E-state index contributed by atoms with van der Waals surface area (Å²) >= 11 is 0. The van der Waals surface area contributed by atoms with Gasteiger partial charge in [0.2, 0.25) is 0 Å². The molecule has 2 amide bonds. The highest BCUT2D eigenvalue weighted by Gasteiger charge is 2.19. The fourth-order valence-electron chi connectivity index (χ4n) is 3.54. The van der Waals surface area contributed by atoms with Crippen LogP contribution >= 0.6 is 0 Å². The van der Waals surface area contributed by atoms with Gasteiger partial charge in [-0.25, -0.2) is 4.98 Å². The van der Waals surface area contributed by atoms with Crippen LogP contribution in [0.25, 0.3) is 11.0 Å². The number of methoxy groups -OCH3 is 1. The largest absolute Gasteiger partial charge is 0.496 e. The Kier molecular flexibility index (Phi) is 6.95. The number of hydrogen-bond acceptors (Lipinski definition) is 4. The molecular formula is C24H30N4O3. The molecule has 1 heterocycles. The second kappa shape index (κ2) is 9.64. The Labute approximate surface area is 182 Å². The number of carbonyl (C=O) groups is 2. The van der Waals surface area contributed by atoms with Gasteiger partial charge < -0.3 is 19.9 Å². The van der Waals surface area contributed by atoms with E-state index >= 15 is 0 Å². The zero-order valence-electron chi connectivity index (χ0n) is 18.8. The molecule has 0 radical (unpaired) electrons. The fourth-order valence-corrected chi connectivity index (χ4v) is 3.54. The highest BCUT2D eigenvalue weighted by Crippen LogP contribution is 2.28. The van der Waals surface area contributed by atoms with Crippen molar-refractivity contribution in [2.24, 2.45) is 13.0 Å². The lowest BCUT2D eigenvalue weighted by Crippen LogP contribution is -2.25. The predicted octanol–water partition coefficient (Wildman–Crippen LogP) is 4.17. The van der Waals surface area contributed by atoms with Crippen molar-refractivity contribution in [2.75, 3.05) is 19.0 Å².